The van der Waals surface area contributed by atoms with Gasteiger partial charge >= 0.3 is 0 Å². The summed E-state index contributed by atoms with van der Waals surface area (Å²) in [5.41, 5.74) is 5.87. The Morgan fingerprint density at radius 3 is 2.67 bits per heavy atom. The quantitative estimate of drug-likeness (QED) is 0.834. The molecule has 18 heavy (non-hydrogen) atoms. The van der Waals surface area contributed by atoms with Gasteiger partial charge in [0.1, 0.15) is 6.10 Å². The van der Waals surface area contributed by atoms with E-state index in [0.717, 1.165) is 25.8 Å². The third-order valence-electron chi connectivity index (χ3n) is 3.18. The molecule has 0 radical (unpaired) electrons. The molecule has 2 unspecified atom stereocenters. The number of ether oxygens (including phenoxy) is 1. The van der Waals surface area contributed by atoms with Gasteiger partial charge in [0.2, 0.25) is 0 Å². The molecule has 0 aromatic carbocycles. The molecular formula is C13H27ClN2O2. The van der Waals surface area contributed by atoms with E-state index < -0.39 is 0 Å². The molecule has 2 N–H and O–H groups in total. The van der Waals surface area contributed by atoms with Gasteiger partial charge in [0, 0.05) is 25.7 Å². The fourth-order valence-electron chi connectivity index (χ4n) is 2.02. The van der Waals surface area contributed by atoms with Crippen LogP contribution in [0.5, 0.6) is 0 Å². The minimum absolute atomic E-state index is 0. The van der Waals surface area contributed by atoms with Crippen molar-refractivity contribution in [2.24, 2.45) is 11.7 Å². The zero-order valence-corrected chi connectivity index (χ0v) is 12.5. The summed E-state index contributed by atoms with van der Waals surface area (Å²) in [6.45, 7) is 8.30. The van der Waals surface area contributed by atoms with E-state index in [0.29, 0.717) is 19.1 Å². The fraction of sp³-hybridized carbons (Fsp3) is 0.923. The highest BCUT2D eigenvalue weighted by molar-refractivity contribution is 5.85. The number of piperidine rings is 1. The number of carbonyl (C=O) groups is 1. The summed E-state index contributed by atoms with van der Waals surface area (Å²) < 4.78 is 5.57. The van der Waals surface area contributed by atoms with E-state index in [-0.39, 0.29) is 30.5 Å². The SMILES string of the molecule is CC(C)CCOC(C)C(=O)N1CCCC(N)C1.Cl. The van der Waals surface area contributed by atoms with E-state index in [1.165, 1.54) is 0 Å². The van der Waals surface area contributed by atoms with E-state index in [2.05, 4.69) is 13.8 Å². The molecule has 1 heterocycles. The number of amides is 1. The number of carbonyl (C=O) groups excluding carboxylic acids is 1. The molecule has 4 nitrogen and oxygen atoms in total. The van der Waals surface area contributed by atoms with Crippen LogP contribution in [0.4, 0.5) is 0 Å². The van der Waals surface area contributed by atoms with Crippen LogP contribution in [0.3, 0.4) is 0 Å². The van der Waals surface area contributed by atoms with Crippen LogP contribution in [0.25, 0.3) is 0 Å². The third kappa shape index (κ3) is 6.03. The van der Waals surface area contributed by atoms with Gasteiger partial charge in [0.25, 0.3) is 5.91 Å². The molecule has 0 aromatic heterocycles. The number of hydrogen-bond acceptors (Lipinski definition) is 3. The number of hydrogen-bond donors (Lipinski definition) is 1. The maximum absolute atomic E-state index is 12.1. The Bertz CT molecular complexity index is 249. The normalized spacial score (nSPS) is 21.6. The summed E-state index contributed by atoms with van der Waals surface area (Å²) >= 11 is 0. The first kappa shape index (κ1) is 17.7. The summed E-state index contributed by atoms with van der Waals surface area (Å²) in [6, 6.07) is 0.135. The number of nitrogens with zero attached hydrogens (tertiary/aromatic N) is 1. The first-order valence-electron chi connectivity index (χ1n) is 6.66. The van der Waals surface area contributed by atoms with Gasteiger partial charge in [-0.25, -0.2) is 0 Å². The molecule has 1 fully saturated rings. The first-order chi connectivity index (χ1) is 8.00. The third-order valence-corrected chi connectivity index (χ3v) is 3.18. The molecule has 1 aliphatic rings. The van der Waals surface area contributed by atoms with Crippen molar-refractivity contribution in [2.75, 3.05) is 19.7 Å². The van der Waals surface area contributed by atoms with Crippen molar-refractivity contribution in [2.45, 2.75) is 52.2 Å². The van der Waals surface area contributed by atoms with Crippen molar-refractivity contribution < 1.29 is 9.53 Å². The summed E-state index contributed by atoms with van der Waals surface area (Å²) in [5, 5.41) is 0. The molecule has 5 heteroatoms. The Kier molecular flexibility index (Phi) is 8.57. The van der Waals surface area contributed by atoms with Gasteiger partial charge in [-0.15, -0.1) is 12.4 Å². The van der Waals surface area contributed by atoms with Crippen molar-refractivity contribution >= 4 is 18.3 Å². The van der Waals surface area contributed by atoms with Gasteiger partial charge < -0.3 is 15.4 Å². The number of halogens is 1. The number of likely N-dealkylation sites (tertiary alicyclic amines) is 1. The Morgan fingerprint density at radius 1 is 1.44 bits per heavy atom. The van der Waals surface area contributed by atoms with Gasteiger partial charge in [0.05, 0.1) is 0 Å². The Labute approximate surface area is 117 Å². The van der Waals surface area contributed by atoms with Crippen LogP contribution in [0, 0.1) is 5.92 Å². The molecule has 1 aliphatic heterocycles. The lowest BCUT2D eigenvalue weighted by atomic mass is 10.1. The standard InChI is InChI=1S/C13H26N2O2.ClH/c1-10(2)6-8-17-11(3)13(16)15-7-4-5-12(14)9-15;/h10-12H,4-9,14H2,1-3H3;1H. The van der Waals surface area contributed by atoms with Gasteiger partial charge in [-0.05, 0) is 32.1 Å². The molecule has 2 atom stereocenters. The second kappa shape index (κ2) is 8.73. The van der Waals surface area contributed by atoms with Crippen molar-refractivity contribution in [3.8, 4) is 0 Å². The minimum Gasteiger partial charge on any atom is -0.369 e. The Hall–Kier alpha value is -0.320. The second-order valence-corrected chi connectivity index (χ2v) is 5.38. The molecule has 0 spiro atoms. The maximum atomic E-state index is 12.1. The predicted molar refractivity (Wildman–Crippen MR) is 75.9 cm³/mol. The molecular weight excluding hydrogens is 252 g/mol. The number of rotatable bonds is 5. The summed E-state index contributed by atoms with van der Waals surface area (Å²) in [4.78, 5) is 13.9. The van der Waals surface area contributed by atoms with Gasteiger partial charge in [-0.3, -0.25) is 4.79 Å². The summed E-state index contributed by atoms with van der Waals surface area (Å²) in [5.74, 6) is 0.699. The Balaban J connectivity index is 0.00000289. The average Bonchev–Trinajstić information content (AvgIpc) is 2.27. The van der Waals surface area contributed by atoms with Crippen molar-refractivity contribution in [3.05, 3.63) is 0 Å². The lowest BCUT2D eigenvalue weighted by molar-refractivity contribution is -0.144. The van der Waals surface area contributed by atoms with Crippen LogP contribution in [0.1, 0.15) is 40.0 Å². The summed E-state index contributed by atoms with van der Waals surface area (Å²) in [6.07, 6.45) is 2.69. The molecule has 0 bridgehead atoms. The van der Waals surface area contributed by atoms with Crippen LogP contribution in [0.15, 0.2) is 0 Å². The lowest BCUT2D eigenvalue weighted by Gasteiger charge is -2.32. The molecule has 0 aromatic rings. The smallest absolute Gasteiger partial charge is 0.251 e. The molecule has 0 saturated carbocycles. The zero-order chi connectivity index (χ0) is 12.8. The number of nitrogens with two attached hydrogens (primary N) is 1. The fourth-order valence-corrected chi connectivity index (χ4v) is 2.02. The highest BCUT2D eigenvalue weighted by Gasteiger charge is 2.25. The van der Waals surface area contributed by atoms with Gasteiger partial charge in [0.15, 0.2) is 0 Å². The van der Waals surface area contributed by atoms with Crippen LogP contribution in [-0.4, -0.2) is 42.6 Å². The highest BCUT2D eigenvalue weighted by atomic mass is 35.5. The minimum atomic E-state index is -0.334. The van der Waals surface area contributed by atoms with E-state index >= 15 is 0 Å². The lowest BCUT2D eigenvalue weighted by Crippen LogP contribution is -2.49. The Morgan fingerprint density at radius 2 is 2.11 bits per heavy atom. The largest absolute Gasteiger partial charge is 0.369 e. The van der Waals surface area contributed by atoms with Crippen molar-refractivity contribution in [1.29, 1.82) is 0 Å². The monoisotopic (exact) mass is 278 g/mol. The van der Waals surface area contributed by atoms with E-state index in [9.17, 15) is 4.79 Å². The molecule has 1 saturated heterocycles. The highest BCUT2D eigenvalue weighted by Crippen LogP contribution is 2.11. The van der Waals surface area contributed by atoms with E-state index in [1.54, 1.807) is 0 Å². The maximum Gasteiger partial charge on any atom is 0.251 e. The van der Waals surface area contributed by atoms with Gasteiger partial charge in [-0.2, -0.15) is 0 Å². The van der Waals surface area contributed by atoms with Crippen LogP contribution in [0.2, 0.25) is 0 Å². The molecule has 108 valence electrons. The van der Waals surface area contributed by atoms with E-state index in [1.807, 2.05) is 11.8 Å². The van der Waals surface area contributed by atoms with Crippen molar-refractivity contribution in [1.82, 2.24) is 4.90 Å². The van der Waals surface area contributed by atoms with Crippen LogP contribution < -0.4 is 5.73 Å². The zero-order valence-electron chi connectivity index (χ0n) is 11.7. The topological polar surface area (TPSA) is 55.6 Å². The van der Waals surface area contributed by atoms with Crippen LogP contribution >= 0.6 is 12.4 Å². The van der Waals surface area contributed by atoms with E-state index in [4.69, 9.17) is 10.5 Å². The van der Waals surface area contributed by atoms with Crippen molar-refractivity contribution in [3.63, 3.8) is 0 Å². The first-order valence-corrected chi connectivity index (χ1v) is 6.66. The second-order valence-electron chi connectivity index (χ2n) is 5.38. The molecule has 1 amide bonds. The average molecular weight is 279 g/mol. The van der Waals surface area contributed by atoms with Gasteiger partial charge in [-0.1, -0.05) is 13.8 Å². The molecule has 1 rings (SSSR count). The molecule has 0 aliphatic carbocycles. The predicted octanol–water partition coefficient (Wildman–Crippen LogP) is 1.81. The summed E-state index contributed by atoms with van der Waals surface area (Å²) in [7, 11) is 0. The van der Waals surface area contributed by atoms with Crippen LogP contribution in [-0.2, 0) is 9.53 Å².